The number of piperazine rings is 1. The minimum Gasteiger partial charge on any atom is -0.361 e. The molecule has 7 heteroatoms. The predicted molar refractivity (Wildman–Crippen MR) is 133 cm³/mol. The Hall–Kier alpha value is -3.00. The molecule has 0 atom stereocenters. The molecule has 3 heterocycles. The van der Waals surface area contributed by atoms with Crippen molar-refractivity contribution in [2.45, 2.75) is 19.5 Å². The maximum Gasteiger partial charge on any atom is 0.253 e. The summed E-state index contributed by atoms with van der Waals surface area (Å²) in [7, 11) is 0. The number of hydrogen-bond acceptors (Lipinski definition) is 5. The molecular formula is C26H29N5OS. The highest BCUT2D eigenvalue weighted by atomic mass is 32.1. The highest BCUT2D eigenvalue weighted by molar-refractivity contribution is 7.09. The molecule has 1 aliphatic rings. The van der Waals surface area contributed by atoms with Crippen LogP contribution in [0, 0.1) is 0 Å². The van der Waals surface area contributed by atoms with Crippen LogP contribution in [0.3, 0.4) is 0 Å². The first-order valence-corrected chi connectivity index (χ1v) is 12.4. The van der Waals surface area contributed by atoms with Gasteiger partial charge in [0.2, 0.25) is 0 Å². The molecule has 0 radical (unpaired) electrons. The number of thiazole rings is 1. The average Bonchev–Trinajstić information content (AvgIpc) is 3.52. The van der Waals surface area contributed by atoms with E-state index in [0.29, 0.717) is 0 Å². The van der Waals surface area contributed by atoms with E-state index in [4.69, 9.17) is 0 Å². The van der Waals surface area contributed by atoms with Gasteiger partial charge in [0.1, 0.15) is 5.01 Å². The zero-order valence-corrected chi connectivity index (χ0v) is 19.5. The number of rotatable bonds is 8. The van der Waals surface area contributed by atoms with Crippen LogP contribution in [0.1, 0.15) is 26.5 Å². The molecule has 6 nitrogen and oxygen atoms in total. The highest BCUT2D eigenvalue weighted by Crippen LogP contribution is 2.22. The van der Waals surface area contributed by atoms with Crippen molar-refractivity contribution in [3.63, 3.8) is 0 Å². The molecule has 0 saturated carbocycles. The lowest BCUT2D eigenvalue weighted by atomic mass is 10.1. The molecule has 0 bridgehead atoms. The normalized spacial score (nSPS) is 14.7. The highest BCUT2D eigenvalue weighted by Gasteiger charge is 2.22. The number of aromatic amines is 1. The van der Waals surface area contributed by atoms with Gasteiger partial charge in [0.25, 0.3) is 5.91 Å². The number of nitrogens with zero attached hydrogens (tertiary/aromatic N) is 3. The number of nitrogens with one attached hydrogen (secondary N) is 2. The number of aromatic nitrogens is 2. The Balaban J connectivity index is 1.18. The van der Waals surface area contributed by atoms with Gasteiger partial charge in [-0.3, -0.25) is 9.69 Å². The van der Waals surface area contributed by atoms with Gasteiger partial charge in [-0.25, -0.2) is 4.98 Å². The summed E-state index contributed by atoms with van der Waals surface area (Å²) < 4.78 is 0. The monoisotopic (exact) mass is 459 g/mol. The standard InChI is InChI=1S/C26H29N5OS/c32-26(31-13-11-30(12-14-31)19-20-4-2-1-3-5-20)21-6-7-24-23(16-21)22(17-29-24)8-9-27-18-25-28-10-15-33-25/h1-7,10,15-17,27,29H,8-9,11-14,18-19H2. The molecule has 1 saturated heterocycles. The van der Waals surface area contributed by atoms with E-state index in [1.165, 1.54) is 11.1 Å². The zero-order chi connectivity index (χ0) is 22.5. The second kappa shape index (κ2) is 10.3. The summed E-state index contributed by atoms with van der Waals surface area (Å²) in [6.07, 6.45) is 4.80. The van der Waals surface area contributed by atoms with Gasteiger partial charge in [0.05, 0.1) is 0 Å². The van der Waals surface area contributed by atoms with Crippen molar-refractivity contribution in [3.8, 4) is 0 Å². The Labute approximate surface area is 198 Å². The lowest BCUT2D eigenvalue weighted by molar-refractivity contribution is 0.0628. The summed E-state index contributed by atoms with van der Waals surface area (Å²) in [5.41, 5.74) is 4.41. The first kappa shape index (κ1) is 21.8. The van der Waals surface area contributed by atoms with Gasteiger partial charge >= 0.3 is 0 Å². The Kier molecular flexibility index (Phi) is 6.81. The van der Waals surface area contributed by atoms with Crippen LogP contribution in [0.2, 0.25) is 0 Å². The summed E-state index contributed by atoms with van der Waals surface area (Å²) in [5, 5.41) is 7.69. The maximum atomic E-state index is 13.2. The van der Waals surface area contributed by atoms with Crippen molar-refractivity contribution in [2.75, 3.05) is 32.7 Å². The number of amides is 1. The lowest BCUT2D eigenvalue weighted by Crippen LogP contribution is -2.48. The van der Waals surface area contributed by atoms with E-state index >= 15 is 0 Å². The van der Waals surface area contributed by atoms with E-state index in [1.54, 1.807) is 11.3 Å². The fourth-order valence-electron chi connectivity index (χ4n) is 4.41. The molecule has 2 aromatic heterocycles. The Morgan fingerprint density at radius 2 is 1.94 bits per heavy atom. The van der Waals surface area contributed by atoms with Crippen LogP contribution in [0.4, 0.5) is 0 Å². The van der Waals surface area contributed by atoms with E-state index < -0.39 is 0 Å². The zero-order valence-electron chi connectivity index (χ0n) is 18.7. The van der Waals surface area contributed by atoms with Gasteiger partial charge in [-0.05, 0) is 42.3 Å². The molecule has 4 aromatic rings. The number of hydrogen-bond donors (Lipinski definition) is 2. The van der Waals surface area contributed by atoms with Crippen molar-refractivity contribution >= 4 is 28.1 Å². The molecule has 1 amide bonds. The van der Waals surface area contributed by atoms with Gasteiger partial charge < -0.3 is 15.2 Å². The number of carbonyl (C=O) groups is 1. The second-order valence-corrected chi connectivity index (χ2v) is 9.46. The number of benzene rings is 2. The molecule has 1 fully saturated rings. The predicted octanol–water partition coefficient (Wildman–Crippen LogP) is 3.91. The first-order valence-electron chi connectivity index (χ1n) is 11.5. The van der Waals surface area contributed by atoms with Crippen molar-refractivity contribution in [1.82, 2.24) is 25.1 Å². The van der Waals surface area contributed by atoms with E-state index in [9.17, 15) is 4.79 Å². The third-order valence-corrected chi connectivity index (χ3v) is 7.03. The maximum absolute atomic E-state index is 13.2. The summed E-state index contributed by atoms with van der Waals surface area (Å²) in [5.74, 6) is 0.130. The smallest absolute Gasteiger partial charge is 0.253 e. The van der Waals surface area contributed by atoms with Gasteiger partial charge in [0, 0.05) is 73.5 Å². The molecule has 2 N–H and O–H groups in total. The third-order valence-electron chi connectivity index (χ3n) is 6.25. The van der Waals surface area contributed by atoms with Crippen LogP contribution < -0.4 is 5.32 Å². The van der Waals surface area contributed by atoms with E-state index in [1.807, 2.05) is 34.7 Å². The molecule has 0 unspecified atom stereocenters. The number of carbonyl (C=O) groups excluding carboxylic acids is 1. The molecule has 170 valence electrons. The summed E-state index contributed by atoms with van der Waals surface area (Å²) in [6, 6.07) is 16.6. The van der Waals surface area contributed by atoms with Crippen LogP contribution in [-0.4, -0.2) is 58.4 Å². The third kappa shape index (κ3) is 5.33. The van der Waals surface area contributed by atoms with Gasteiger partial charge in [0.15, 0.2) is 0 Å². The Morgan fingerprint density at radius 3 is 2.73 bits per heavy atom. The Morgan fingerprint density at radius 1 is 1.09 bits per heavy atom. The second-order valence-electron chi connectivity index (χ2n) is 8.48. The number of fused-ring (bicyclic) bond motifs is 1. The Bertz CT molecular complexity index is 1180. The fraction of sp³-hybridized carbons (Fsp3) is 0.308. The largest absolute Gasteiger partial charge is 0.361 e. The molecule has 5 rings (SSSR count). The lowest BCUT2D eigenvalue weighted by Gasteiger charge is -2.34. The van der Waals surface area contributed by atoms with Crippen molar-refractivity contribution in [2.24, 2.45) is 0 Å². The van der Waals surface area contributed by atoms with Gasteiger partial charge in [-0.15, -0.1) is 11.3 Å². The van der Waals surface area contributed by atoms with E-state index in [2.05, 4.69) is 56.7 Å². The first-order chi connectivity index (χ1) is 16.3. The van der Waals surface area contributed by atoms with Crippen molar-refractivity contribution < 1.29 is 4.79 Å². The van der Waals surface area contributed by atoms with Crippen LogP contribution in [-0.2, 0) is 19.5 Å². The van der Waals surface area contributed by atoms with Crippen LogP contribution in [0.25, 0.3) is 10.9 Å². The quantitative estimate of drug-likeness (QED) is 0.392. The molecule has 0 aliphatic carbocycles. The molecule has 0 spiro atoms. The van der Waals surface area contributed by atoms with Crippen molar-refractivity contribution in [1.29, 1.82) is 0 Å². The molecule has 33 heavy (non-hydrogen) atoms. The van der Waals surface area contributed by atoms with E-state index in [-0.39, 0.29) is 5.91 Å². The number of H-pyrrole nitrogens is 1. The van der Waals surface area contributed by atoms with Crippen LogP contribution >= 0.6 is 11.3 Å². The van der Waals surface area contributed by atoms with Gasteiger partial charge in [-0.1, -0.05) is 30.3 Å². The van der Waals surface area contributed by atoms with Crippen LogP contribution in [0.15, 0.2) is 66.3 Å². The molecular weight excluding hydrogens is 430 g/mol. The topological polar surface area (TPSA) is 64.3 Å². The minimum atomic E-state index is 0.130. The SMILES string of the molecule is O=C(c1ccc2[nH]cc(CCNCc3nccs3)c2c1)N1CCN(Cc2ccccc2)CC1. The van der Waals surface area contributed by atoms with Gasteiger partial charge in [-0.2, -0.15) is 0 Å². The van der Waals surface area contributed by atoms with E-state index in [0.717, 1.165) is 73.7 Å². The average molecular weight is 460 g/mol. The minimum absolute atomic E-state index is 0.130. The summed E-state index contributed by atoms with van der Waals surface area (Å²) in [4.78, 5) is 25.3. The summed E-state index contributed by atoms with van der Waals surface area (Å²) in [6.45, 7) is 5.95. The summed E-state index contributed by atoms with van der Waals surface area (Å²) >= 11 is 1.67. The molecule has 2 aromatic carbocycles. The molecule has 1 aliphatic heterocycles. The van der Waals surface area contributed by atoms with Crippen LogP contribution in [0.5, 0.6) is 0 Å². The van der Waals surface area contributed by atoms with Crippen molar-refractivity contribution in [3.05, 3.63) is 88.0 Å². The fourth-order valence-corrected chi connectivity index (χ4v) is 5.00.